The molecule has 0 heterocycles. The lowest BCUT2D eigenvalue weighted by Gasteiger charge is -2.24. The molecule has 2 unspecified atom stereocenters. The van der Waals surface area contributed by atoms with E-state index in [0.717, 1.165) is 12.8 Å². The van der Waals surface area contributed by atoms with E-state index >= 15 is 0 Å². The van der Waals surface area contributed by atoms with Crippen molar-refractivity contribution in [2.24, 2.45) is 11.8 Å². The first-order valence-corrected chi connectivity index (χ1v) is 4.08. The molecule has 2 atom stereocenters. The molecule has 1 aliphatic rings. The Balaban J connectivity index is 0.00000144. The quantitative estimate of drug-likeness (QED) is 0.638. The van der Waals surface area contributed by atoms with Gasteiger partial charge in [-0.2, -0.15) is 0 Å². The minimum Gasteiger partial charge on any atom is -0.481 e. The van der Waals surface area contributed by atoms with Crippen molar-refractivity contribution in [1.29, 1.82) is 0 Å². The maximum absolute atomic E-state index is 10.6. The van der Waals surface area contributed by atoms with Crippen molar-refractivity contribution in [2.75, 3.05) is 0 Å². The van der Waals surface area contributed by atoms with Gasteiger partial charge >= 0.3 is 11.9 Å². The summed E-state index contributed by atoms with van der Waals surface area (Å²) in [6, 6.07) is 0. The molecule has 5 heteroatoms. The zero-order chi connectivity index (χ0) is 9.14. The summed E-state index contributed by atoms with van der Waals surface area (Å²) in [4.78, 5) is 21.2. The largest absolute Gasteiger partial charge is 0.481 e. The molecule has 3 radical (unpaired) electrons. The lowest BCUT2D eigenvalue weighted by Crippen LogP contribution is -2.32. The summed E-state index contributed by atoms with van der Waals surface area (Å²) >= 11 is 0. The Morgan fingerprint density at radius 3 is 1.46 bits per heavy atom. The van der Waals surface area contributed by atoms with Gasteiger partial charge < -0.3 is 10.2 Å². The predicted molar refractivity (Wildman–Crippen MR) is 46.5 cm³/mol. The van der Waals surface area contributed by atoms with E-state index < -0.39 is 23.8 Å². The van der Waals surface area contributed by atoms with Crippen LogP contribution in [0, 0.1) is 11.8 Å². The van der Waals surface area contributed by atoms with E-state index in [4.69, 9.17) is 10.2 Å². The van der Waals surface area contributed by atoms with Gasteiger partial charge in [-0.1, -0.05) is 12.8 Å². The van der Waals surface area contributed by atoms with Crippen LogP contribution in [0.15, 0.2) is 0 Å². The first-order chi connectivity index (χ1) is 5.63. The summed E-state index contributed by atoms with van der Waals surface area (Å²) in [6.07, 6.45) is 2.68. The van der Waals surface area contributed by atoms with Gasteiger partial charge in [0.25, 0.3) is 0 Å². The fourth-order valence-corrected chi connectivity index (χ4v) is 1.72. The normalized spacial score (nSPS) is 27.4. The van der Waals surface area contributed by atoms with E-state index in [1.807, 2.05) is 0 Å². The molecule has 13 heavy (non-hydrogen) atoms. The van der Waals surface area contributed by atoms with E-state index in [1.54, 1.807) is 0 Å². The van der Waals surface area contributed by atoms with E-state index in [-0.39, 0.29) is 17.4 Å². The van der Waals surface area contributed by atoms with E-state index in [0.29, 0.717) is 12.8 Å². The monoisotopic (exact) mass is 199 g/mol. The highest BCUT2D eigenvalue weighted by Gasteiger charge is 2.35. The Labute approximate surface area is 87.1 Å². The second-order valence-electron chi connectivity index (χ2n) is 3.17. The average molecular weight is 199 g/mol. The molecule has 1 fully saturated rings. The van der Waals surface area contributed by atoms with Gasteiger partial charge in [0, 0.05) is 17.4 Å². The highest BCUT2D eigenvalue weighted by Crippen LogP contribution is 2.30. The summed E-state index contributed by atoms with van der Waals surface area (Å²) in [5.74, 6) is -3.28. The lowest BCUT2D eigenvalue weighted by molar-refractivity contribution is -0.155. The molecule has 0 spiro atoms. The fourth-order valence-electron chi connectivity index (χ4n) is 1.72. The van der Waals surface area contributed by atoms with Crippen LogP contribution in [0.2, 0.25) is 0 Å². The molecular formula is C8H12AlO4. The molecule has 0 amide bonds. The summed E-state index contributed by atoms with van der Waals surface area (Å²) in [5.41, 5.74) is 0. The van der Waals surface area contributed by atoms with Gasteiger partial charge in [-0.25, -0.2) is 0 Å². The van der Waals surface area contributed by atoms with Crippen LogP contribution in [0.3, 0.4) is 0 Å². The summed E-state index contributed by atoms with van der Waals surface area (Å²) in [6.45, 7) is 0. The SMILES string of the molecule is O=C(O)C1CCCCC1C(=O)O.[Al]. The van der Waals surface area contributed by atoms with Crippen LogP contribution in [0.4, 0.5) is 0 Å². The van der Waals surface area contributed by atoms with Gasteiger partial charge in [0.15, 0.2) is 0 Å². The van der Waals surface area contributed by atoms with Gasteiger partial charge in [0.1, 0.15) is 0 Å². The van der Waals surface area contributed by atoms with Crippen molar-refractivity contribution in [2.45, 2.75) is 25.7 Å². The maximum Gasteiger partial charge on any atom is 0.307 e. The van der Waals surface area contributed by atoms with E-state index in [9.17, 15) is 9.59 Å². The third-order valence-electron chi connectivity index (χ3n) is 2.40. The highest BCUT2D eigenvalue weighted by molar-refractivity contribution is 5.80. The fraction of sp³-hybridized carbons (Fsp3) is 0.750. The minimum absolute atomic E-state index is 0. The van der Waals surface area contributed by atoms with Crippen LogP contribution in [-0.2, 0) is 9.59 Å². The van der Waals surface area contributed by atoms with Crippen molar-refractivity contribution in [3.8, 4) is 0 Å². The van der Waals surface area contributed by atoms with Gasteiger partial charge in [-0.15, -0.1) is 0 Å². The molecular weight excluding hydrogens is 187 g/mol. The number of carboxylic acids is 2. The standard InChI is InChI=1S/C8H12O4.Al/c9-7(10)5-3-1-2-4-6(5)8(11)12;/h5-6H,1-4H2,(H,9,10)(H,11,12);. The van der Waals surface area contributed by atoms with E-state index in [1.165, 1.54) is 0 Å². The highest BCUT2D eigenvalue weighted by atomic mass is 27.0. The molecule has 0 aromatic heterocycles. The first kappa shape index (κ1) is 12.5. The third-order valence-corrected chi connectivity index (χ3v) is 2.40. The van der Waals surface area contributed by atoms with Crippen molar-refractivity contribution < 1.29 is 19.8 Å². The van der Waals surface area contributed by atoms with Crippen molar-refractivity contribution >= 4 is 29.3 Å². The number of aliphatic carboxylic acids is 2. The molecule has 0 saturated heterocycles. The van der Waals surface area contributed by atoms with Crippen LogP contribution < -0.4 is 0 Å². The molecule has 4 nitrogen and oxygen atoms in total. The average Bonchev–Trinajstić information content (AvgIpc) is 2.04. The van der Waals surface area contributed by atoms with Crippen LogP contribution in [-0.4, -0.2) is 39.5 Å². The Kier molecular flexibility index (Phi) is 5.04. The molecule has 71 valence electrons. The Hall–Kier alpha value is -0.528. The summed E-state index contributed by atoms with van der Waals surface area (Å²) in [7, 11) is 0. The molecule has 2 N–H and O–H groups in total. The van der Waals surface area contributed by atoms with Crippen LogP contribution >= 0.6 is 0 Å². The Morgan fingerprint density at radius 2 is 1.23 bits per heavy atom. The Bertz CT molecular complexity index is 182. The topological polar surface area (TPSA) is 74.6 Å². The molecule has 1 aliphatic carbocycles. The molecule has 1 rings (SSSR count). The molecule has 0 aromatic rings. The first-order valence-electron chi connectivity index (χ1n) is 4.08. The van der Waals surface area contributed by atoms with Crippen LogP contribution in [0.5, 0.6) is 0 Å². The van der Waals surface area contributed by atoms with Gasteiger partial charge in [0.2, 0.25) is 0 Å². The lowest BCUT2D eigenvalue weighted by atomic mass is 9.79. The van der Waals surface area contributed by atoms with Gasteiger partial charge in [-0.05, 0) is 12.8 Å². The number of carbonyl (C=O) groups is 2. The molecule has 0 aliphatic heterocycles. The van der Waals surface area contributed by atoms with Crippen LogP contribution in [0.1, 0.15) is 25.7 Å². The molecule has 0 aromatic carbocycles. The van der Waals surface area contributed by atoms with Crippen molar-refractivity contribution in [1.82, 2.24) is 0 Å². The number of carboxylic acid groups (broad SMARTS) is 2. The number of hydrogen-bond acceptors (Lipinski definition) is 2. The minimum atomic E-state index is -0.970. The van der Waals surface area contributed by atoms with Crippen LogP contribution in [0.25, 0.3) is 0 Å². The van der Waals surface area contributed by atoms with Crippen molar-refractivity contribution in [3.05, 3.63) is 0 Å². The zero-order valence-corrected chi connectivity index (χ0v) is 8.43. The summed E-state index contributed by atoms with van der Waals surface area (Å²) < 4.78 is 0. The maximum atomic E-state index is 10.6. The smallest absolute Gasteiger partial charge is 0.307 e. The third kappa shape index (κ3) is 3.02. The van der Waals surface area contributed by atoms with E-state index in [2.05, 4.69) is 0 Å². The predicted octanol–water partition coefficient (Wildman–Crippen LogP) is 0.581. The molecule has 1 saturated carbocycles. The van der Waals surface area contributed by atoms with Gasteiger partial charge in [0.05, 0.1) is 11.8 Å². The number of hydrogen-bond donors (Lipinski definition) is 2. The zero-order valence-electron chi connectivity index (χ0n) is 7.27. The number of rotatable bonds is 2. The summed E-state index contributed by atoms with van der Waals surface area (Å²) in [5, 5.41) is 17.4. The molecule has 0 bridgehead atoms. The second-order valence-corrected chi connectivity index (χ2v) is 3.17. The Morgan fingerprint density at radius 1 is 0.923 bits per heavy atom. The second kappa shape index (κ2) is 5.26. The van der Waals surface area contributed by atoms with Gasteiger partial charge in [-0.3, -0.25) is 9.59 Å². The van der Waals surface area contributed by atoms with Crippen molar-refractivity contribution in [3.63, 3.8) is 0 Å².